The van der Waals surface area contributed by atoms with Crippen molar-refractivity contribution in [1.29, 1.82) is 0 Å². The lowest BCUT2D eigenvalue weighted by Crippen LogP contribution is -2.36. The molecule has 0 fully saturated rings. The molecule has 0 amide bonds. The number of methoxy groups -OCH3 is 6. The van der Waals surface area contributed by atoms with Gasteiger partial charge in [0.15, 0.2) is 37.1 Å². The van der Waals surface area contributed by atoms with Gasteiger partial charge in [-0.3, -0.25) is 9.59 Å². The molecule has 0 saturated heterocycles. The quantitative estimate of drug-likeness (QED) is 0.0335. The second kappa shape index (κ2) is 53.8. The summed E-state index contributed by atoms with van der Waals surface area (Å²) in [6.45, 7) is 58.8. The van der Waals surface area contributed by atoms with E-state index < -0.39 is 84.2 Å². The monoisotopic (exact) mass is 1420 g/mol. The SMILES string of the molecule is COC(=O)C(C)OC(=O)C(C)OC(=O)C(C)C(C)(C)C.COC(C)C(=O)OCC(=O)OCCC(C)(C)C.COC(C)COC(C)CC(C)(C)C.COCC(=O)OC(C)C(=O)OC(C)CC(C)(C)C.COCC(C)OC(=O)C(C)OC(=O)C(C)C(C)(C)C.COCCOCCC(C)(C)C. The molecule has 0 aliphatic rings. The van der Waals surface area contributed by atoms with Crippen LogP contribution in [-0.2, 0) is 119 Å². The van der Waals surface area contributed by atoms with Crippen LogP contribution in [0.4, 0.5) is 0 Å². The van der Waals surface area contributed by atoms with E-state index in [2.05, 4.69) is 99.5 Å². The van der Waals surface area contributed by atoms with Gasteiger partial charge in [0, 0.05) is 42.2 Å². The van der Waals surface area contributed by atoms with Gasteiger partial charge in [0.2, 0.25) is 0 Å². The van der Waals surface area contributed by atoms with E-state index in [1.54, 1.807) is 41.9 Å². The molecule has 0 bridgehead atoms. The standard InChI is InChI=1S/C14H24O6.C14H26O5.C13H24O5.C12H22O5.C11H24O2.C9H20O2/c1-8(14(4,5)6)11(15)19-10(3)13(17)20-9(2)12(16)18-7;1-9(8-17-7)18-13(16)11(3)19-12(15)10(2)14(4,5)6;1-9(7-13(3,4)5)17-12(15)10(2)18-11(14)8-16-6;1-9(15-5)11(14)17-8-10(13)16-7-6-12(2,3)4;1-9(7-11(3,4)5)13-8-10(2)12-6;1-9(2,3)5-6-11-8-7-10-4/h8-10H,1-7H3;9-11H,8H2,1-7H3;9-10H,7-8H2,1-6H3;9H,6-8H2,1-5H3;9-10H,7-8H2,1-6H3;5-8H2,1-4H3. The normalized spacial score (nSPS) is 15.0. The molecule has 0 spiro atoms. The molecule has 11 unspecified atom stereocenters. The van der Waals surface area contributed by atoms with Gasteiger partial charge in [0.25, 0.3) is 0 Å². The molecule has 11 atom stereocenters. The van der Waals surface area contributed by atoms with Crippen LogP contribution in [0.2, 0.25) is 0 Å². The molecule has 0 aliphatic heterocycles. The van der Waals surface area contributed by atoms with Crippen molar-refractivity contribution < 1.29 is 119 Å². The molecule has 0 aromatic rings. The Morgan fingerprint density at radius 2 is 0.704 bits per heavy atom. The minimum absolute atomic E-state index is 0.0790. The van der Waals surface area contributed by atoms with E-state index in [-0.39, 0.29) is 65.0 Å². The first-order valence-electron chi connectivity index (χ1n) is 33.8. The summed E-state index contributed by atoms with van der Waals surface area (Å²) < 4.78 is 79.3. The van der Waals surface area contributed by atoms with Crippen LogP contribution in [-0.4, -0.2) is 204 Å². The predicted octanol–water partition coefficient (Wildman–Crippen LogP) is 12.3. The van der Waals surface area contributed by atoms with Gasteiger partial charge in [-0.1, -0.05) is 138 Å². The number of hydrogen-bond donors (Lipinski definition) is 0. The summed E-state index contributed by atoms with van der Waals surface area (Å²) in [5.74, 6) is -5.75. The Morgan fingerprint density at radius 1 is 0.306 bits per heavy atom. The van der Waals surface area contributed by atoms with Gasteiger partial charge in [-0.05, 0) is 120 Å². The zero-order chi connectivity index (χ0) is 78.3. The summed E-state index contributed by atoms with van der Waals surface area (Å²) in [4.78, 5) is 103. The van der Waals surface area contributed by atoms with Crippen molar-refractivity contribution in [2.24, 2.45) is 44.3 Å². The highest BCUT2D eigenvalue weighted by Gasteiger charge is 2.34. The van der Waals surface area contributed by atoms with Crippen LogP contribution in [0.15, 0.2) is 0 Å². The molecule has 582 valence electrons. The molecule has 0 aromatic carbocycles. The van der Waals surface area contributed by atoms with Crippen LogP contribution in [0.25, 0.3) is 0 Å². The number of carbonyl (C=O) groups excluding carboxylic acids is 9. The highest BCUT2D eigenvalue weighted by Crippen LogP contribution is 2.29. The Morgan fingerprint density at radius 3 is 1.08 bits per heavy atom. The minimum Gasteiger partial charge on any atom is -0.466 e. The van der Waals surface area contributed by atoms with Crippen LogP contribution in [0.1, 0.15) is 226 Å². The molecule has 0 radical (unpaired) electrons. The van der Waals surface area contributed by atoms with Crippen molar-refractivity contribution in [2.75, 3.05) is 95.5 Å². The summed E-state index contributed by atoms with van der Waals surface area (Å²) >= 11 is 0. The molecule has 25 heteroatoms. The minimum atomic E-state index is -1.07. The Balaban J connectivity index is -0.000000262. The molecular formula is C73H140O25. The largest absolute Gasteiger partial charge is 0.466 e. The van der Waals surface area contributed by atoms with Gasteiger partial charge in [0.1, 0.15) is 12.7 Å². The van der Waals surface area contributed by atoms with Gasteiger partial charge in [0.05, 0.1) is 70.3 Å². The maximum Gasteiger partial charge on any atom is 0.347 e. The van der Waals surface area contributed by atoms with Crippen molar-refractivity contribution in [3.8, 4) is 0 Å². The first-order valence-corrected chi connectivity index (χ1v) is 33.8. The van der Waals surface area contributed by atoms with Gasteiger partial charge in [-0.15, -0.1) is 0 Å². The van der Waals surface area contributed by atoms with E-state index in [1.807, 2.05) is 55.4 Å². The van der Waals surface area contributed by atoms with Crippen molar-refractivity contribution in [2.45, 2.75) is 281 Å². The van der Waals surface area contributed by atoms with Crippen LogP contribution >= 0.6 is 0 Å². The average Bonchev–Trinajstić information content (AvgIpc) is 0.899. The van der Waals surface area contributed by atoms with Gasteiger partial charge in [-0.25, -0.2) is 33.6 Å². The summed E-state index contributed by atoms with van der Waals surface area (Å²) in [7, 11) is 8.90. The van der Waals surface area contributed by atoms with E-state index in [9.17, 15) is 43.2 Å². The molecule has 0 aromatic heterocycles. The lowest BCUT2D eigenvalue weighted by Gasteiger charge is -2.26. The summed E-state index contributed by atoms with van der Waals surface area (Å²) in [6.07, 6.45) is -0.935. The first kappa shape index (κ1) is 104. The van der Waals surface area contributed by atoms with Crippen LogP contribution in [0.5, 0.6) is 0 Å². The maximum absolute atomic E-state index is 11.9. The fourth-order valence-electron chi connectivity index (χ4n) is 6.77. The van der Waals surface area contributed by atoms with Crippen molar-refractivity contribution in [3.63, 3.8) is 0 Å². The fourth-order valence-corrected chi connectivity index (χ4v) is 6.77. The van der Waals surface area contributed by atoms with E-state index >= 15 is 0 Å². The first-order chi connectivity index (χ1) is 44.4. The molecule has 98 heavy (non-hydrogen) atoms. The number of hydrogen-bond acceptors (Lipinski definition) is 25. The topological polar surface area (TPSA) is 301 Å². The summed E-state index contributed by atoms with van der Waals surface area (Å²) in [5.41, 5.74) is 0.448. The second-order valence-corrected chi connectivity index (χ2v) is 31.1. The molecule has 0 aliphatic carbocycles. The van der Waals surface area contributed by atoms with E-state index in [0.717, 1.165) is 32.3 Å². The zero-order valence-corrected chi connectivity index (χ0v) is 67.5. The Bertz CT molecular complexity index is 2170. The molecule has 0 heterocycles. The lowest BCUT2D eigenvalue weighted by molar-refractivity contribution is -0.178. The third kappa shape index (κ3) is 65.6. The second-order valence-electron chi connectivity index (χ2n) is 31.1. The summed E-state index contributed by atoms with van der Waals surface area (Å²) in [5, 5.41) is 0. The Labute approximate surface area is 591 Å². The van der Waals surface area contributed by atoms with Gasteiger partial charge in [-0.2, -0.15) is 0 Å². The molecule has 0 saturated carbocycles. The third-order valence-corrected chi connectivity index (χ3v) is 13.7. The van der Waals surface area contributed by atoms with E-state index in [0.29, 0.717) is 50.0 Å². The molecule has 25 nitrogen and oxygen atoms in total. The number of carbonyl (C=O) groups is 9. The number of ether oxygens (including phenoxy) is 16. The average molecular weight is 1420 g/mol. The fraction of sp³-hybridized carbons (Fsp3) is 0.877. The number of esters is 9. The van der Waals surface area contributed by atoms with Gasteiger partial charge >= 0.3 is 53.7 Å². The predicted molar refractivity (Wildman–Crippen MR) is 376 cm³/mol. The van der Waals surface area contributed by atoms with Gasteiger partial charge < -0.3 is 75.8 Å². The maximum atomic E-state index is 11.9. The Kier molecular flexibility index (Phi) is 57.0. The van der Waals surface area contributed by atoms with Crippen molar-refractivity contribution >= 4 is 53.7 Å². The smallest absolute Gasteiger partial charge is 0.347 e. The van der Waals surface area contributed by atoms with Crippen molar-refractivity contribution in [1.82, 2.24) is 0 Å². The molecular weight excluding hydrogens is 1280 g/mol. The Hall–Kier alpha value is -5.05. The lowest BCUT2D eigenvalue weighted by atomic mass is 9.82. The van der Waals surface area contributed by atoms with E-state index in [1.165, 1.54) is 56.1 Å². The zero-order valence-electron chi connectivity index (χ0n) is 67.5. The highest BCUT2D eigenvalue weighted by molar-refractivity contribution is 5.84. The van der Waals surface area contributed by atoms with Crippen molar-refractivity contribution in [3.05, 3.63) is 0 Å². The van der Waals surface area contributed by atoms with Crippen LogP contribution in [0, 0.1) is 44.3 Å². The highest BCUT2D eigenvalue weighted by atomic mass is 16.6. The van der Waals surface area contributed by atoms with E-state index in [4.69, 9.17) is 66.3 Å². The van der Waals surface area contributed by atoms with Crippen LogP contribution in [0.3, 0.4) is 0 Å². The van der Waals surface area contributed by atoms with Crippen LogP contribution < -0.4 is 0 Å². The summed E-state index contributed by atoms with van der Waals surface area (Å²) in [6, 6.07) is 0. The number of rotatable bonds is 33. The molecule has 0 rings (SSSR count). The third-order valence-electron chi connectivity index (χ3n) is 13.7. The molecule has 0 N–H and O–H groups in total.